The van der Waals surface area contributed by atoms with E-state index in [1.807, 2.05) is 109 Å². The lowest BCUT2D eigenvalue weighted by Gasteiger charge is -2.19. The van der Waals surface area contributed by atoms with Crippen LogP contribution in [0.4, 0.5) is 17.1 Å². The Morgan fingerprint density at radius 1 is 0.857 bits per heavy atom. The molecule has 0 aliphatic heterocycles. The van der Waals surface area contributed by atoms with Gasteiger partial charge >= 0.3 is 0 Å². The first-order chi connectivity index (χ1) is 17.1. The number of amides is 1. The minimum absolute atomic E-state index is 0.131. The second kappa shape index (κ2) is 11.5. The summed E-state index contributed by atoms with van der Waals surface area (Å²) in [5.41, 5.74) is 4.47. The SMILES string of the molecule is COc1cc(/C=N\N(c2ccccc2)c2ccccc2)ccc1OCC(=O)Nc1ccccc1C. The maximum Gasteiger partial charge on any atom is 0.262 e. The number of carbonyl (C=O) groups is 1. The molecule has 4 rings (SSSR count). The van der Waals surface area contributed by atoms with Crippen molar-refractivity contribution in [2.75, 3.05) is 24.0 Å². The molecule has 0 fully saturated rings. The zero-order valence-corrected chi connectivity index (χ0v) is 19.7. The zero-order chi connectivity index (χ0) is 24.5. The quantitative estimate of drug-likeness (QED) is 0.236. The standard InChI is InChI=1S/C29H27N3O3/c1-22-11-9-10-16-26(22)31-29(33)21-35-27-18-17-23(19-28(27)34-2)20-30-32(24-12-5-3-6-13-24)25-14-7-4-8-15-25/h3-20H,21H2,1-2H3,(H,31,33)/b30-20-. The molecule has 0 atom stereocenters. The van der Waals surface area contributed by atoms with Gasteiger partial charge in [0, 0.05) is 5.69 Å². The van der Waals surface area contributed by atoms with Gasteiger partial charge in [0.1, 0.15) is 0 Å². The van der Waals surface area contributed by atoms with E-state index < -0.39 is 0 Å². The summed E-state index contributed by atoms with van der Waals surface area (Å²) >= 11 is 0. The number of nitrogens with zero attached hydrogens (tertiary/aromatic N) is 2. The number of para-hydroxylation sites is 3. The Bertz CT molecular complexity index is 1250. The minimum Gasteiger partial charge on any atom is -0.493 e. The molecule has 6 heteroatoms. The highest BCUT2D eigenvalue weighted by Crippen LogP contribution is 2.29. The fourth-order valence-electron chi connectivity index (χ4n) is 3.47. The largest absolute Gasteiger partial charge is 0.493 e. The lowest BCUT2D eigenvalue weighted by Crippen LogP contribution is -2.20. The maximum absolute atomic E-state index is 12.3. The number of carbonyl (C=O) groups excluding carboxylic acids is 1. The van der Waals surface area contributed by atoms with Crippen LogP contribution in [-0.4, -0.2) is 25.8 Å². The number of rotatable bonds is 9. The first kappa shape index (κ1) is 23.6. The Morgan fingerprint density at radius 2 is 1.49 bits per heavy atom. The predicted octanol–water partition coefficient (Wildman–Crippen LogP) is 6.19. The van der Waals surface area contributed by atoms with Crippen molar-refractivity contribution in [3.05, 3.63) is 114 Å². The number of hydrazone groups is 1. The Kier molecular flexibility index (Phi) is 7.76. The van der Waals surface area contributed by atoms with Crippen LogP contribution in [0.2, 0.25) is 0 Å². The molecular formula is C29H27N3O3. The van der Waals surface area contributed by atoms with Crippen molar-refractivity contribution in [2.45, 2.75) is 6.92 Å². The smallest absolute Gasteiger partial charge is 0.262 e. The molecule has 0 unspecified atom stereocenters. The number of hydrogen-bond acceptors (Lipinski definition) is 5. The molecule has 0 aromatic heterocycles. The van der Waals surface area contributed by atoms with Crippen LogP contribution in [0.15, 0.2) is 108 Å². The van der Waals surface area contributed by atoms with Gasteiger partial charge in [0.05, 0.1) is 24.7 Å². The lowest BCUT2D eigenvalue weighted by atomic mass is 10.2. The number of anilines is 3. The number of hydrogen-bond donors (Lipinski definition) is 1. The maximum atomic E-state index is 12.3. The minimum atomic E-state index is -0.242. The second-order valence-corrected chi connectivity index (χ2v) is 7.79. The molecule has 0 saturated heterocycles. The van der Waals surface area contributed by atoms with E-state index in [4.69, 9.17) is 14.6 Å². The summed E-state index contributed by atoms with van der Waals surface area (Å²) in [6, 6.07) is 32.9. The number of ether oxygens (including phenoxy) is 2. The third-order valence-electron chi connectivity index (χ3n) is 5.29. The Morgan fingerprint density at radius 3 is 2.11 bits per heavy atom. The normalized spacial score (nSPS) is 10.7. The molecule has 0 heterocycles. The molecule has 4 aromatic rings. The summed E-state index contributed by atoms with van der Waals surface area (Å²) in [5.74, 6) is 0.754. The summed E-state index contributed by atoms with van der Waals surface area (Å²) in [5, 5.41) is 9.45. The number of methoxy groups -OCH3 is 1. The molecule has 6 nitrogen and oxygen atoms in total. The van der Waals surface area contributed by atoms with E-state index in [-0.39, 0.29) is 12.5 Å². The molecule has 1 N–H and O–H groups in total. The summed E-state index contributed by atoms with van der Waals surface area (Å²) in [6.07, 6.45) is 1.76. The molecule has 1 amide bonds. The number of aryl methyl sites for hydroxylation is 1. The van der Waals surface area contributed by atoms with Gasteiger partial charge < -0.3 is 14.8 Å². The molecular weight excluding hydrogens is 438 g/mol. The van der Waals surface area contributed by atoms with E-state index in [0.29, 0.717) is 11.5 Å². The van der Waals surface area contributed by atoms with Gasteiger partial charge in [-0.2, -0.15) is 5.10 Å². The third kappa shape index (κ3) is 6.26. The van der Waals surface area contributed by atoms with Gasteiger partial charge in [-0.15, -0.1) is 0 Å². The molecule has 0 aliphatic rings. The topological polar surface area (TPSA) is 63.2 Å². The summed E-state index contributed by atoms with van der Waals surface area (Å²) in [4.78, 5) is 12.3. The molecule has 176 valence electrons. The first-order valence-electron chi connectivity index (χ1n) is 11.2. The average Bonchev–Trinajstić information content (AvgIpc) is 2.90. The van der Waals surface area contributed by atoms with Crippen molar-refractivity contribution in [2.24, 2.45) is 5.10 Å². The predicted molar refractivity (Wildman–Crippen MR) is 141 cm³/mol. The van der Waals surface area contributed by atoms with Crippen LogP contribution in [0.3, 0.4) is 0 Å². The van der Waals surface area contributed by atoms with Crippen molar-refractivity contribution in [3.8, 4) is 11.5 Å². The molecule has 35 heavy (non-hydrogen) atoms. The van der Waals surface area contributed by atoms with Crippen molar-refractivity contribution < 1.29 is 14.3 Å². The van der Waals surface area contributed by atoms with Crippen molar-refractivity contribution >= 4 is 29.2 Å². The van der Waals surface area contributed by atoms with Crippen LogP contribution in [0, 0.1) is 6.92 Å². The van der Waals surface area contributed by atoms with E-state index in [0.717, 1.165) is 28.2 Å². The first-order valence-corrected chi connectivity index (χ1v) is 11.2. The summed E-state index contributed by atoms with van der Waals surface area (Å²) in [6.45, 7) is 1.81. The van der Waals surface area contributed by atoms with Crippen LogP contribution in [0.1, 0.15) is 11.1 Å². The molecule has 0 radical (unpaired) electrons. The van der Waals surface area contributed by atoms with Crippen LogP contribution >= 0.6 is 0 Å². The van der Waals surface area contributed by atoms with Gasteiger partial charge in [-0.3, -0.25) is 4.79 Å². The van der Waals surface area contributed by atoms with E-state index >= 15 is 0 Å². The fourth-order valence-corrected chi connectivity index (χ4v) is 3.47. The van der Waals surface area contributed by atoms with Gasteiger partial charge in [0.15, 0.2) is 18.1 Å². The van der Waals surface area contributed by atoms with E-state index in [2.05, 4.69) is 5.32 Å². The highest BCUT2D eigenvalue weighted by atomic mass is 16.5. The van der Waals surface area contributed by atoms with Crippen LogP contribution < -0.4 is 19.8 Å². The third-order valence-corrected chi connectivity index (χ3v) is 5.29. The number of benzene rings is 4. The Balaban J connectivity index is 1.47. The second-order valence-electron chi connectivity index (χ2n) is 7.79. The lowest BCUT2D eigenvalue weighted by molar-refractivity contribution is -0.118. The Hall–Kier alpha value is -4.58. The van der Waals surface area contributed by atoms with Crippen molar-refractivity contribution in [1.82, 2.24) is 0 Å². The highest BCUT2D eigenvalue weighted by Gasteiger charge is 2.11. The van der Waals surface area contributed by atoms with Crippen LogP contribution in [0.5, 0.6) is 11.5 Å². The summed E-state index contributed by atoms with van der Waals surface area (Å²) in [7, 11) is 1.57. The average molecular weight is 466 g/mol. The van der Waals surface area contributed by atoms with Gasteiger partial charge in [0.25, 0.3) is 5.91 Å². The van der Waals surface area contributed by atoms with Crippen molar-refractivity contribution in [1.29, 1.82) is 0 Å². The molecule has 0 aliphatic carbocycles. The van der Waals surface area contributed by atoms with E-state index in [1.165, 1.54) is 0 Å². The molecule has 4 aromatic carbocycles. The van der Waals surface area contributed by atoms with Crippen molar-refractivity contribution in [3.63, 3.8) is 0 Å². The summed E-state index contributed by atoms with van der Waals surface area (Å²) < 4.78 is 11.2. The van der Waals surface area contributed by atoms with Gasteiger partial charge in [-0.25, -0.2) is 5.01 Å². The van der Waals surface area contributed by atoms with Crippen LogP contribution in [-0.2, 0) is 4.79 Å². The van der Waals surface area contributed by atoms with Crippen LogP contribution in [0.25, 0.3) is 0 Å². The highest BCUT2D eigenvalue weighted by molar-refractivity contribution is 5.92. The molecule has 0 spiro atoms. The molecule has 0 saturated carbocycles. The fraction of sp³-hybridized carbons (Fsp3) is 0.103. The zero-order valence-electron chi connectivity index (χ0n) is 19.7. The van der Waals surface area contributed by atoms with Gasteiger partial charge in [0.2, 0.25) is 0 Å². The van der Waals surface area contributed by atoms with E-state index in [1.54, 1.807) is 19.4 Å². The van der Waals surface area contributed by atoms with Gasteiger partial charge in [-0.05, 0) is 66.6 Å². The molecule has 0 bridgehead atoms. The monoisotopic (exact) mass is 465 g/mol. The van der Waals surface area contributed by atoms with Gasteiger partial charge in [-0.1, -0.05) is 54.6 Å². The Labute approximate surface area is 205 Å². The number of nitrogens with one attached hydrogen (secondary N) is 1. The van der Waals surface area contributed by atoms with E-state index in [9.17, 15) is 4.79 Å².